The third kappa shape index (κ3) is 2.93. The van der Waals surface area contributed by atoms with Crippen LogP contribution in [0.2, 0.25) is 0 Å². The molecule has 0 amide bonds. The van der Waals surface area contributed by atoms with Gasteiger partial charge in [-0.1, -0.05) is 79.9 Å². The molecule has 1 aliphatic carbocycles. The maximum atomic E-state index is 6.68. The molecular formula is C21H26N2. The van der Waals surface area contributed by atoms with Gasteiger partial charge in [0.15, 0.2) is 0 Å². The van der Waals surface area contributed by atoms with E-state index in [1.54, 1.807) is 0 Å². The van der Waals surface area contributed by atoms with Crippen molar-refractivity contribution in [2.45, 2.75) is 56.3 Å². The van der Waals surface area contributed by atoms with E-state index in [0.29, 0.717) is 18.1 Å². The first kappa shape index (κ1) is 14.9. The van der Waals surface area contributed by atoms with Gasteiger partial charge in [-0.05, 0) is 24.0 Å². The molecule has 2 aliphatic rings. The van der Waals surface area contributed by atoms with Gasteiger partial charge in [-0.2, -0.15) is 0 Å². The summed E-state index contributed by atoms with van der Waals surface area (Å²) in [7, 11) is 0. The van der Waals surface area contributed by atoms with Crippen molar-refractivity contribution in [3.05, 3.63) is 71.8 Å². The topological polar surface area (TPSA) is 29.0 Å². The summed E-state index contributed by atoms with van der Waals surface area (Å²) in [4.78, 5) is 2.70. The molecule has 4 atom stereocenters. The van der Waals surface area contributed by atoms with E-state index >= 15 is 0 Å². The van der Waals surface area contributed by atoms with Crippen LogP contribution in [0.3, 0.4) is 0 Å². The summed E-state index contributed by atoms with van der Waals surface area (Å²) in [6.45, 7) is 0. The molecule has 120 valence electrons. The lowest BCUT2D eigenvalue weighted by Crippen LogP contribution is -2.28. The van der Waals surface area contributed by atoms with Crippen molar-refractivity contribution >= 4 is 0 Å². The van der Waals surface area contributed by atoms with Gasteiger partial charge in [0.25, 0.3) is 0 Å². The standard InChI is InChI=1S/C21H26N2/c22-19(16-10-4-1-5-11-16)21-20(17-12-6-2-7-13-17)23(21)18-14-8-3-9-15-18/h1-2,4-7,10-13,18-21H,3,8-9,14-15,22H2/t19-,20+,21-,23?/m1/s1. The predicted octanol–water partition coefficient (Wildman–Crippen LogP) is 4.44. The summed E-state index contributed by atoms with van der Waals surface area (Å²) >= 11 is 0. The van der Waals surface area contributed by atoms with Crippen molar-refractivity contribution in [1.29, 1.82) is 0 Å². The lowest BCUT2D eigenvalue weighted by atomic mass is 9.95. The van der Waals surface area contributed by atoms with E-state index in [4.69, 9.17) is 5.73 Å². The van der Waals surface area contributed by atoms with Crippen LogP contribution in [0.15, 0.2) is 60.7 Å². The van der Waals surface area contributed by atoms with E-state index in [1.807, 2.05) is 0 Å². The van der Waals surface area contributed by atoms with Crippen molar-refractivity contribution in [3.8, 4) is 0 Å². The van der Waals surface area contributed by atoms with Crippen LogP contribution >= 0.6 is 0 Å². The maximum Gasteiger partial charge on any atom is 0.0529 e. The van der Waals surface area contributed by atoms with Gasteiger partial charge >= 0.3 is 0 Å². The third-order valence-corrected chi connectivity index (χ3v) is 5.59. The van der Waals surface area contributed by atoms with Crippen molar-refractivity contribution in [3.63, 3.8) is 0 Å². The molecule has 0 bridgehead atoms. The lowest BCUT2D eigenvalue weighted by molar-refractivity contribution is 0.262. The fourth-order valence-electron chi connectivity index (χ4n) is 4.39. The largest absolute Gasteiger partial charge is 0.323 e. The van der Waals surface area contributed by atoms with Crippen LogP contribution < -0.4 is 5.73 Å². The summed E-state index contributed by atoms with van der Waals surface area (Å²) in [5.74, 6) is 0. The number of hydrogen-bond acceptors (Lipinski definition) is 2. The molecule has 1 saturated heterocycles. The average molecular weight is 306 g/mol. The number of nitrogens with zero attached hydrogens (tertiary/aromatic N) is 1. The molecule has 4 rings (SSSR count). The van der Waals surface area contributed by atoms with Crippen LogP contribution in [0.5, 0.6) is 0 Å². The van der Waals surface area contributed by atoms with Crippen LogP contribution in [0.25, 0.3) is 0 Å². The monoisotopic (exact) mass is 306 g/mol. The van der Waals surface area contributed by atoms with Crippen LogP contribution in [0, 0.1) is 0 Å². The second-order valence-corrected chi connectivity index (χ2v) is 7.02. The Morgan fingerprint density at radius 2 is 1.43 bits per heavy atom. The zero-order chi connectivity index (χ0) is 15.6. The minimum absolute atomic E-state index is 0.100. The molecule has 1 heterocycles. The molecule has 2 N–H and O–H groups in total. The summed E-state index contributed by atoms with van der Waals surface area (Å²) in [5, 5.41) is 0. The Bertz CT molecular complexity index is 619. The minimum Gasteiger partial charge on any atom is -0.323 e. The van der Waals surface area contributed by atoms with Gasteiger partial charge in [0.05, 0.1) is 6.04 Å². The third-order valence-electron chi connectivity index (χ3n) is 5.59. The molecule has 1 unspecified atom stereocenters. The Kier molecular flexibility index (Phi) is 4.19. The summed E-state index contributed by atoms with van der Waals surface area (Å²) in [6, 6.07) is 23.3. The first-order valence-corrected chi connectivity index (χ1v) is 8.99. The Morgan fingerprint density at radius 3 is 2.09 bits per heavy atom. The van der Waals surface area contributed by atoms with Crippen LogP contribution in [-0.4, -0.2) is 17.0 Å². The van der Waals surface area contributed by atoms with E-state index in [-0.39, 0.29) is 6.04 Å². The summed E-state index contributed by atoms with van der Waals surface area (Å²) in [5.41, 5.74) is 9.37. The number of benzene rings is 2. The van der Waals surface area contributed by atoms with Crippen molar-refractivity contribution in [2.24, 2.45) is 5.73 Å². The smallest absolute Gasteiger partial charge is 0.0529 e. The van der Waals surface area contributed by atoms with E-state index in [2.05, 4.69) is 65.6 Å². The molecule has 0 spiro atoms. The van der Waals surface area contributed by atoms with Crippen molar-refractivity contribution in [2.75, 3.05) is 0 Å². The zero-order valence-electron chi connectivity index (χ0n) is 13.6. The SMILES string of the molecule is N[C@H](c1ccccc1)[C@@H]1[C@H](c2ccccc2)N1C1CCCCC1. The van der Waals surface area contributed by atoms with Gasteiger partial charge in [0, 0.05) is 18.1 Å². The first-order valence-electron chi connectivity index (χ1n) is 8.99. The second-order valence-electron chi connectivity index (χ2n) is 7.02. The maximum absolute atomic E-state index is 6.68. The van der Waals surface area contributed by atoms with Crippen LogP contribution in [-0.2, 0) is 0 Å². The van der Waals surface area contributed by atoms with E-state index < -0.39 is 0 Å². The van der Waals surface area contributed by atoms with E-state index in [1.165, 1.54) is 43.2 Å². The van der Waals surface area contributed by atoms with Gasteiger partial charge in [-0.3, -0.25) is 4.90 Å². The minimum atomic E-state index is 0.100. The molecule has 2 aromatic rings. The molecule has 2 nitrogen and oxygen atoms in total. The molecule has 2 fully saturated rings. The molecule has 2 aromatic carbocycles. The summed E-state index contributed by atoms with van der Waals surface area (Å²) < 4.78 is 0. The highest BCUT2D eigenvalue weighted by Crippen LogP contribution is 2.52. The molecule has 1 aliphatic heterocycles. The van der Waals surface area contributed by atoms with Gasteiger partial charge in [-0.25, -0.2) is 0 Å². The highest BCUT2D eigenvalue weighted by Gasteiger charge is 2.54. The second kappa shape index (κ2) is 6.46. The first-order chi connectivity index (χ1) is 11.4. The van der Waals surface area contributed by atoms with Gasteiger partial charge in [0.1, 0.15) is 0 Å². The van der Waals surface area contributed by atoms with E-state index in [9.17, 15) is 0 Å². The number of hydrogen-bond donors (Lipinski definition) is 1. The fourth-order valence-corrected chi connectivity index (χ4v) is 4.39. The normalized spacial score (nSPS) is 29.2. The Labute approximate surface area is 139 Å². The van der Waals surface area contributed by atoms with Crippen LogP contribution in [0.1, 0.15) is 55.3 Å². The Hall–Kier alpha value is -1.64. The highest BCUT2D eigenvalue weighted by molar-refractivity contribution is 5.33. The number of rotatable bonds is 4. The predicted molar refractivity (Wildman–Crippen MR) is 95.1 cm³/mol. The Morgan fingerprint density at radius 1 is 0.826 bits per heavy atom. The van der Waals surface area contributed by atoms with Gasteiger partial charge in [-0.15, -0.1) is 0 Å². The number of nitrogens with two attached hydrogens (primary N) is 1. The summed E-state index contributed by atoms with van der Waals surface area (Å²) in [6.07, 6.45) is 6.81. The van der Waals surface area contributed by atoms with Crippen LogP contribution in [0.4, 0.5) is 0 Å². The Balaban J connectivity index is 1.60. The van der Waals surface area contributed by atoms with Gasteiger partial charge in [0.2, 0.25) is 0 Å². The molecule has 23 heavy (non-hydrogen) atoms. The molecule has 0 aromatic heterocycles. The fraction of sp³-hybridized carbons (Fsp3) is 0.429. The highest BCUT2D eigenvalue weighted by atomic mass is 15.4. The van der Waals surface area contributed by atoms with Crippen molar-refractivity contribution < 1.29 is 0 Å². The molecule has 0 radical (unpaired) electrons. The van der Waals surface area contributed by atoms with E-state index in [0.717, 1.165) is 0 Å². The van der Waals surface area contributed by atoms with Crippen molar-refractivity contribution in [1.82, 2.24) is 4.90 Å². The van der Waals surface area contributed by atoms with Gasteiger partial charge < -0.3 is 5.73 Å². The average Bonchev–Trinajstić information content (AvgIpc) is 3.39. The molecular weight excluding hydrogens is 280 g/mol. The molecule has 1 saturated carbocycles. The molecule has 2 heteroatoms. The quantitative estimate of drug-likeness (QED) is 0.846. The lowest BCUT2D eigenvalue weighted by Gasteiger charge is -2.25. The zero-order valence-corrected chi connectivity index (χ0v) is 13.6.